The number of likely N-dealkylation sites (tertiary alicyclic amines) is 1. The van der Waals surface area contributed by atoms with Crippen molar-refractivity contribution in [3.63, 3.8) is 0 Å². The van der Waals surface area contributed by atoms with Gasteiger partial charge in [-0.15, -0.1) is 0 Å². The van der Waals surface area contributed by atoms with Crippen molar-refractivity contribution >= 4 is 9.84 Å². The second-order valence-electron chi connectivity index (χ2n) is 30.0. The molecule has 0 bridgehead atoms. The highest BCUT2D eigenvalue weighted by atomic mass is 32.2. The number of benzene rings is 3. The van der Waals surface area contributed by atoms with E-state index in [0.29, 0.717) is 60.2 Å². The van der Waals surface area contributed by atoms with Crippen LogP contribution in [0.3, 0.4) is 0 Å². The average molecular weight is 1430 g/mol. The Kier molecular flexibility index (Phi) is 43.2. The Labute approximate surface area is 605 Å². The lowest BCUT2D eigenvalue weighted by Gasteiger charge is -2.25. The smallest absolute Gasteiger partial charge is 0.492 e. The first-order chi connectivity index (χ1) is 48.2. The summed E-state index contributed by atoms with van der Waals surface area (Å²) >= 11 is 0. The Balaban J connectivity index is 0.000000208. The first-order valence-corrected chi connectivity index (χ1v) is 40.7. The molecular formula is C80H140F3N9O7S. The largest absolute Gasteiger partial charge is 0.497 e. The normalized spacial score (nSPS) is 28.2. The Morgan fingerprint density at radius 3 is 1.42 bits per heavy atom. The van der Waals surface area contributed by atoms with Crippen LogP contribution in [0.25, 0.3) is 0 Å². The third kappa shape index (κ3) is 34.7. The summed E-state index contributed by atoms with van der Waals surface area (Å²) in [5, 5.41) is 27.6. The fraction of sp³-hybridized carbons (Fsp3) is 0.775. The highest BCUT2D eigenvalue weighted by Crippen LogP contribution is 2.32. The number of nitrogens with one attached hydrogen (secondary N) is 8. The molecular weight excluding hydrogens is 1290 g/mol. The van der Waals surface area contributed by atoms with Crippen molar-refractivity contribution < 1.29 is 45.3 Å². The van der Waals surface area contributed by atoms with E-state index in [4.69, 9.17) is 23.7 Å². The molecule has 100 heavy (non-hydrogen) atoms. The number of sulfone groups is 1. The molecule has 0 spiro atoms. The van der Waals surface area contributed by atoms with Crippen molar-refractivity contribution in [3.05, 3.63) is 102 Å². The van der Waals surface area contributed by atoms with Gasteiger partial charge in [-0.25, -0.2) is 8.42 Å². The van der Waals surface area contributed by atoms with E-state index in [1.54, 1.807) is 21.3 Å². The van der Waals surface area contributed by atoms with Crippen LogP contribution < -0.4 is 47.3 Å². The van der Waals surface area contributed by atoms with Crippen LogP contribution in [0.4, 0.5) is 13.2 Å². The molecule has 20 heteroatoms. The van der Waals surface area contributed by atoms with Crippen molar-refractivity contribution in [2.75, 3.05) is 106 Å². The van der Waals surface area contributed by atoms with Crippen LogP contribution in [-0.4, -0.2) is 203 Å². The molecule has 13 atom stereocenters. The SMILES string of the molecule is C1CCCN(C[C@H]2CCCN2)CC1.CC(C)(C)OC[C@H]1CCCN1.CC[C@@H]1N[C@@H](COC)[C@@H](OC)[C@@H]1C.CC[C@H]1CC[C@H](CC)N1.COC[C@H]1CC[C@H](C)N1.O=S(=O)(CC[C@H]1CCCN1)C(F)(F)F.c1ccc(C(c2ccccc2)[C@H]2CCCN2)cc1.c1ccc(OC[C@H]2CCCN2)cc1. The minimum absolute atomic E-state index is 0.0181. The molecule has 16 nitrogen and oxygen atoms in total. The van der Waals surface area contributed by atoms with Gasteiger partial charge in [-0.2, -0.15) is 13.2 Å². The number of methoxy groups -OCH3 is 3. The van der Waals surface area contributed by atoms with Gasteiger partial charge in [-0.1, -0.05) is 119 Å². The van der Waals surface area contributed by atoms with Gasteiger partial charge in [0.1, 0.15) is 12.4 Å². The van der Waals surface area contributed by atoms with E-state index < -0.39 is 21.1 Å². The first kappa shape index (κ1) is 87.3. The average Bonchev–Trinajstić information content (AvgIpc) is 1.36. The molecule has 12 rings (SSSR count). The minimum atomic E-state index is -5.11. The summed E-state index contributed by atoms with van der Waals surface area (Å²) in [6.45, 7) is 30.2. The Hall–Kier alpha value is -3.32. The monoisotopic (exact) mass is 1430 g/mol. The first-order valence-electron chi connectivity index (χ1n) is 39.1. The van der Waals surface area contributed by atoms with Crippen LogP contribution in [0.2, 0.25) is 0 Å². The highest BCUT2D eigenvalue weighted by Gasteiger charge is 2.45. The van der Waals surface area contributed by atoms with Gasteiger partial charge in [0.25, 0.3) is 0 Å². The van der Waals surface area contributed by atoms with E-state index in [-0.39, 0.29) is 18.1 Å². The van der Waals surface area contributed by atoms with E-state index >= 15 is 0 Å². The van der Waals surface area contributed by atoms with Crippen LogP contribution >= 0.6 is 0 Å². The standard InChI is InChI=1S/C17H19N.C11H22N2.C11H15NO.C10H21NO2.C9H19NO.C8H17N.C7H12F3NO2S.C7H15NO/c1-3-8-14(9-4-1)17(16-12-7-13-18-16)15-10-5-2-6-11-15;1-2-4-9-13(8-3-1)10-11-6-5-7-12-11;1-2-6-11(7-3-1)13-9-10-5-4-8-12-10;1-5-8-7(2)10(13-4)9(11-8)6-12-3;1-9(2,3)11-7-8-5-4-6-10-8;1-3-7-5-6-8(4-2)9-7;8-7(9,10)14(12,13)5-3-6-2-1-4-11-6;1-6-3-4-7(8-6)5-9-2/h1-6,8-11,16-18H,7,12-13H2;11-12H,1-10H2;1-3,6-7,10,12H,4-5,8-9H2;7-11H,5-6H2,1-4H3;8,10H,4-7H2,1-3H3;7-9H,3-6H2,1-2H3;6,11H,1-5H2;6-8H,3-5H2,1-2H3/t16-;11-;10-;7-,8+,9+,10+;8-;7-,8-;6-;6-,7+/m11111010/s1. The molecule has 9 aliphatic heterocycles. The Morgan fingerprint density at radius 2 is 0.990 bits per heavy atom. The summed E-state index contributed by atoms with van der Waals surface area (Å²) < 4.78 is 83.9. The summed E-state index contributed by atoms with van der Waals surface area (Å²) in [5.74, 6) is 1.22. The van der Waals surface area contributed by atoms with Gasteiger partial charge in [-0.3, -0.25) is 0 Å². The maximum atomic E-state index is 11.9. The number of hydrogen-bond donors (Lipinski definition) is 8. The quantitative estimate of drug-likeness (QED) is 0.0504. The summed E-state index contributed by atoms with van der Waals surface area (Å²) in [7, 11) is 0.345. The van der Waals surface area contributed by atoms with Crippen molar-refractivity contribution in [1.82, 2.24) is 47.4 Å². The molecule has 0 saturated carbocycles. The molecule has 0 unspecified atom stereocenters. The molecule has 0 radical (unpaired) electrons. The minimum Gasteiger partial charge on any atom is -0.492 e. The number of para-hydroxylation sites is 1. The number of rotatable bonds is 21. The van der Waals surface area contributed by atoms with Crippen LogP contribution in [0.15, 0.2) is 91.0 Å². The van der Waals surface area contributed by atoms with Crippen LogP contribution in [0, 0.1) is 5.92 Å². The molecule has 8 N–H and O–H groups in total. The number of hydrogen-bond acceptors (Lipinski definition) is 16. The summed E-state index contributed by atoms with van der Waals surface area (Å²) in [4.78, 5) is 2.66. The van der Waals surface area contributed by atoms with Crippen molar-refractivity contribution in [1.29, 1.82) is 0 Å². The highest BCUT2D eigenvalue weighted by molar-refractivity contribution is 7.92. The number of halogens is 3. The third-order valence-corrected chi connectivity index (χ3v) is 22.3. The Morgan fingerprint density at radius 1 is 0.500 bits per heavy atom. The van der Waals surface area contributed by atoms with Gasteiger partial charge in [-0.05, 0) is 231 Å². The van der Waals surface area contributed by atoms with E-state index in [9.17, 15) is 21.6 Å². The van der Waals surface area contributed by atoms with E-state index in [1.165, 1.54) is 153 Å². The zero-order valence-corrected chi connectivity index (χ0v) is 64.7. The molecule has 9 heterocycles. The number of ether oxygens (including phenoxy) is 5. The van der Waals surface area contributed by atoms with Crippen molar-refractivity contribution in [2.45, 2.75) is 286 Å². The van der Waals surface area contributed by atoms with Gasteiger partial charge in [0.2, 0.25) is 9.84 Å². The van der Waals surface area contributed by atoms with Crippen LogP contribution in [0.5, 0.6) is 5.75 Å². The summed E-state index contributed by atoms with van der Waals surface area (Å²) in [6.07, 6.45) is 27.3. The van der Waals surface area contributed by atoms with Crippen molar-refractivity contribution in [2.24, 2.45) is 5.92 Å². The molecule has 9 aliphatic rings. The molecule has 3 aromatic rings. The molecule has 0 aliphatic carbocycles. The predicted molar refractivity (Wildman–Crippen MR) is 408 cm³/mol. The number of nitrogens with zero attached hydrogens (tertiary/aromatic N) is 1. The van der Waals surface area contributed by atoms with E-state index in [2.05, 4.69) is 163 Å². The third-order valence-electron chi connectivity index (χ3n) is 20.8. The fourth-order valence-electron chi connectivity index (χ4n) is 15.0. The van der Waals surface area contributed by atoms with E-state index in [0.717, 1.165) is 95.7 Å². The van der Waals surface area contributed by atoms with Gasteiger partial charge < -0.3 is 71.1 Å². The van der Waals surface area contributed by atoms with Gasteiger partial charge in [0.05, 0.1) is 43.3 Å². The molecule has 0 amide bonds. The van der Waals surface area contributed by atoms with Crippen LogP contribution in [0.1, 0.15) is 214 Å². The second kappa shape index (κ2) is 49.5. The lowest BCUT2D eigenvalue weighted by atomic mass is 9.84. The summed E-state index contributed by atoms with van der Waals surface area (Å²) in [5.41, 5.74) is -2.25. The maximum absolute atomic E-state index is 11.9. The fourth-order valence-corrected chi connectivity index (χ4v) is 15.8. The topological polar surface area (TPSA) is 180 Å². The van der Waals surface area contributed by atoms with E-state index in [1.807, 2.05) is 30.3 Å². The molecule has 574 valence electrons. The second-order valence-corrected chi connectivity index (χ2v) is 32.1. The lowest BCUT2D eigenvalue weighted by molar-refractivity contribution is -0.0436. The Bertz CT molecular complexity index is 2520. The maximum Gasteiger partial charge on any atom is 0.497 e. The number of alkyl halides is 3. The lowest BCUT2D eigenvalue weighted by Crippen LogP contribution is -2.37. The van der Waals surface area contributed by atoms with Gasteiger partial charge >= 0.3 is 5.51 Å². The molecule has 9 fully saturated rings. The molecule has 9 saturated heterocycles. The van der Waals surface area contributed by atoms with Gasteiger partial charge in [0, 0.05) is 94.2 Å². The van der Waals surface area contributed by atoms with Crippen LogP contribution in [-0.2, 0) is 28.8 Å². The zero-order valence-electron chi connectivity index (χ0n) is 63.8. The van der Waals surface area contributed by atoms with Crippen molar-refractivity contribution in [3.8, 4) is 5.75 Å². The zero-order chi connectivity index (χ0) is 72.4. The van der Waals surface area contributed by atoms with Gasteiger partial charge in [0.15, 0.2) is 0 Å². The molecule has 3 aromatic carbocycles. The molecule has 0 aromatic heterocycles. The predicted octanol–water partition coefficient (Wildman–Crippen LogP) is 13.4. The summed E-state index contributed by atoms with van der Waals surface area (Å²) in [6, 6.07) is 38.1.